The first-order valence-electron chi connectivity index (χ1n) is 14.3. The summed E-state index contributed by atoms with van der Waals surface area (Å²) in [6, 6.07) is 30.6. The summed E-state index contributed by atoms with van der Waals surface area (Å²) in [5.74, 6) is -0.0492. The van der Waals surface area contributed by atoms with Gasteiger partial charge in [-0.25, -0.2) is 4.79 Å². The predicted octanol–water partition coefficient (Wildman–Crippen LogP) is 10.2. The normalized spacial score (nSPS) is 10.9. The molecule has 4 rings (SSSR count). The van der Waals surface area contributed by atoms with Gasteiger partial charge in [-0.15, -0.1) is 0 Å². The van der Waals surface area contributed by atoms with Crippen LogP contribution in [0.3, 0.4) is 0 Å². The molecule has 0 aliphatic carbocycles. The summed E-state index contributed by atoms with van der Waals surface area (Å²) in [7, 11) is 0. The molecular formula is C36H40O3. The highest BCUT2D eigenvalue weighted by Crippen LogP contribution is 2.45. The van der Waals surface area contributed by atoms with E-state index in [0.717, 1.165) is 51.1 Å². The molecule has 4 aromatic carbocycles. The van der Waals surface area contributed by atoms with Gasteiger partial charge in [-0.05, 0) is 53.3 Å². The monoisotopic (exact) mass is 520 g/mol. The van der Waals surface area contributed by atoms with Crippen LogP contribution in [0.25, 0.3) is 33.4 Å². The number of hydrogen-bond acceptors (Lipinski definition) is 2. The number of aryl methyl sites for hydroxylation is 1. The van der Waals surface area contributed by atoms with Crippen molar-refractivity contribution in [2.45, 2.75) is 65.2 Å². The van der Waals surface area contributed by atoms with Crippen LogP contribution < -0.4 is 4.74 Å². The molecule has 0 amide bonds. The Balaban J connectivity index is 1.71. The summed E-state index contributed by atoms with van der Waals surface area (Å²) in [6.07, 6.45) is 10.1. The van der Waals surface area contributed by atoms with Crippen molar-refractivity contribution in [3.05, 3.63) is 102 Å². The van der Waals surface area contributed by atoms with Crippen LogP contribution in [0.1, 0.15) is 74.2 Å². The quantitative estimate of drug-likeness (QED) is 0.168. The lowest BCUT2D eigenvalue weighted by Crippen LogP contribution is -2.02. The molecule has 202 valence electrons. The number of carboxylic acids is 1. The number of carbonyl (C=O) groups is 1. The van der Waals surface area contributed by atoms with Crippen LogP contribution in [-0.4, -0.2) is 17.7 Å². The van der Waals surface area contributed by atoms with Crippen molar-refractivity contribution in [2.24, 2.45) is 0 Å². The van der Waals surface area contributed by atoms with E-state index in [0.29, 0.717) is 12.2 Å². The first kappa shape index (κ1) is 28.2. The smallest absolute Gasteiger partial charge is 0.335 e. The Bertz CT molecular complexity index is 1340. The Morgan fingerprint density at radius 2 is 1.28 bits per heavy atom. The third-order valence-electron chi connectivity index (χ3n) is 7.32. The molecule has 0 unspecified atom stereocenters. The molecule has 3 nitrogen and oxygen atoms in total. The highest BCUT2D eigenvalue weighted by Gasteiger charge is 2.20. The Kier molecular flexibility index (Phi) is 10.4. The number of unbranched alkanes of at least 4 members (excludes halogenated alkanes) is 7. The molecule has 0 spiro atoms. The molecule has 0 saturated carbocycles. The SMILES string of the molecule is CCCCCCCCCCOc1ccc(-c2ccccc2)c(-c2ccc(C(=O)O)c(C)c2)c1-c1ccccc1. The van der Waals surface area contributed by atoms with Gasteiger partial charge in [0.2, 0.25) is 0 Å². The third-order valence-corrected chi connectivity index (χ3v) is 7.32. The van der Waals surface area contributed by atoms with E-state index in [2.05, 4.69) is 55.5 Å². The van der Waals surface area contributed by atoms with E-state index in [1.54, 1.807) is 6.07 Å². The number of benzene rings is 4. The maximum Gasteiger partial charge on any atom is 0.335 e. The van der Waals surface area contributed by atoms with E-state index in [1.165, 1.54) is 44.9 Å². The first-order valence-corrected chi connectivity index (χ1v) is 14.3. The van der Waals surface area contributed by atoms with Gasteiger partial charge in [-0.3, -0.25) is 0 Å². The summed E-state index contributed by atoms with van der Waals surface area (Å²) in [5, 5.41) is 9.63. The van der Waals surface area contributed by atoms with Gasteiger partial charge in [0.25, 0.3) is 0 Å². The fraction of sp³-hybridized carbons (Fsp3) is 0.306. The molecule has 4 aromatic rings. The number of aromatic carboxylic acids is 1. The zero-order valence-electron chi connectivity index (χ0n) is 23.3. The Morgan fingerprint density at radius 3 is 1.90 bits per heavy atom. The molecule has 39 heavy (non-hydrogen) atoms. The molecule has 0 radical (unpaired) electrons. The van der Waals surface area contributed by atoms with Gasteiger partial charge >= 0.3 is 5.97 Å². The van der Waals surface area contributed by atoms with Crippen molar-refractivity contribution in [1.29, 1.82) is 0 Å². The summed E-state index contributed by atoms with van der Waals surface area (Å²) < 4.78 is 6.49. The van der Waals surface area contributed by atoms with Crippen LogP contribution in [0.2, 0.25) is 0 Å². The first-order chi connectivity index (χ1) is 19.1. The molecule has 0 aliphatic heterocycles. The second kappa shape index (κ2) is 14.3. The van der Waals surface area contributed by atoms with Gasteiger partial charge in [0.05, 0.1) is 12.2 Å². The molecule has 0 atom stereocenters. The van der Waals surface area contributed by atoms with E-state index in [1.807, 2.05) is 43.3 Å². The second-order valence-corrected chi connectivity index (χ2v) is 10.3. The third kappa shape index (κ3) is 7.38. The maximum atomic E-state index is 11.7. The summed E-state index contributed by atoms with van der Waals surface area (Å²) in [6.45, 7) is 4.79. The van der Waals surface area contributed by atoms with E-state index in [-0.39, 0.29) is 0 Å². The van der Waals surface area contributed by atoms with E-state index in [9.17, 15) is 9.90 Å². The topological polar surface area (TPSA) is 46.5 Å². The Labute approximate surface area is 233 Å². The summed E-state index contributed by atoms with van der Waals surface area (Å²) >= 11 is 0. The van der Waals surface area contributed by atoms with Crippen molar-refractivity contribution < 1.29 is 14.6 Å². The van der Waals surface area contributed by atoms with Crippen LogP contribution in [0.4, 0.5) is 0 Å². The van der Waals surface area contributed by atoms with Crippen molar-refractivity contribution in [3.63, 3.8) is 0 Å². The largest absolute Gasteiger partial charge is 0.493 e. The lowest BCUT2D eigenvalue weighted by molar-refractivity contribution is 0.0696. The maximum absolute atomic E-state index is 11.7. The highest BCUT2D eigenvalue weighted by molar-refractivity contribution is 5.98. The lowest BCUT2D eigenvalue weighted by atomic mass is 9.86. The molecule has 0 saturated heterocycles. The second-order valence-electron chi connectivity index (χ2n) is 10.3. The van der Waals surface area contributed by atoms with Crippen molar-refractivity contribution in [3.8, 4) is 39.1 Å². The van der Waals surface area contributed by atoms with Gasteiger partial charge in [-0.1, -0.05) is 131 Å². The number of hydrogen-bond donors (Lipinski definition) is 1. The lowest BCUT2D eigenvalue weighted by Gasteiger charge is -2.21. The molecule has 3 heteroatoms. The van der Waals surface area contributed by atoms with E-state index < -0.39 is 5.97 Å². The van der Waals surface area contributed by atoms with E-state index >= 15 is 0 Å². The van der Waals surface area contributed by atoms with Gasteiger partial charge < -0.3 is 9.84 Å². The molecule has 0 bridgehead atoms. The number of ether oxygens (including phenoxy) is 1. The molecule has 0 aromatic heterocycles. The fourth-order valence-corrected chi connectivity index (χ4v) is 5.23. The van der Waals surface area contributed by atoms with E-state index in [4.69, 9.17) is 4.74 Å². The van der Waals surface area contributed by atoms with Crippen LogP contribution >= 0.6 is 0 Å². The van der Waals surface area contributed by atoms with Gasteiger partial charge in [0.15, 0.2) is 0 Å². The molecule has 1 N–H and O–H groups in total. The Morgan fingerprint density at radius 1 is 0.667 bits per heavy atom. The predicted molar refractivity (Wildman–Crippen MR) is 163 cm³/mol. The fourth-order valence-electron chi connectivity index (χ4n) is 5.23. The average Bonchev–Trinajstić information content (AvgIpc) is 2.96. The van der Waals surface area contributed by atoms with Crippen LogP contribution in [0.5, 0.6) is 5.75 Å². The minimum atomic E-state index is -0.909. The number of rotatable bonds is 14. The minimum absolute atomic E-state index is 0.323. The summed E-state index contributed by atoms with van der Waals surface area (Å²) in [4.78, 5) is 11.7. The summed E-state index contributed by atoms with van der Waals surface area (Å²) in [5.41, 5.74) is 7.42. The van der Waals surface area contributed by atoms with Crippen LogP contribution in [0.15, 0.2) is 91.0 Å². The average molecular weight is 521 g/mol. The van der Waals surface area contributed by atoms with Crippen molar-refractivity contribution >= 4 is 5.97 Å². The minimum Gasteiger partial charge on any atom is -0.493 e. The zero-order valence-corrected chi connectivity index (χ0v) is 23.3. The molecule has 0 heterocycles. The number of carboxylic acid groups (broad SMARTS) is 1. The highest BCUT2D eigenvalue weighted by atomic mass is 16.5. The molecule has 0 fully saturated rings. The molecular weight excluding hydrogens is 480 g/mol. The van der Waals surface area contributed by atoms with Crippen molar-refractivity contribution in [1.82, 2.24) is 0 Å². The van der Waals surface area contributed by atoms with Gasteiger partial charge in [0.1, 0.15) is 5.75 Å². The van der Waals surface area contributed by atoms with Gasteiger partial charge in [0, 0.05) is 11.1 Å². The standard InChI is InChI=1S/C36H40O3/c1-3-4-5-6-7-8-9-16-25-39-33-24-23-32(28-17-12-10-13-18-28)34(35(33)29-19-14-11-15-20-29)30-21-22-31(36(37)38)27(2)26-30/h10-15,17-24,26H,3-9,16,25H2,1-2H3,(H,37,38). The zero-order chi connectivity index (χ0) is 27.5. The Hall–Kier alpha value is -3.85. The van der Waals surface area contributed by atoms with Crippen LogP contribution in [0, 0.1) is 6.92 Å². The van der Waals surface area contributed by atoms with Gasteiger partial charge in [-0.2, -0.15) is 0 Å². The van der Waals surface area contributed by atoms with Crippen molar-refractivity contribution in [2.75, 3.05) is 6.61 Å². The molecule has 0 aliphatic rings. The van der Waals surface area contributed by atoms with Crippen LogP contribution in [-0.2, 0) is 0 Å².